The highest BCUT2D eigenvalue weighted by atomic mass is 16.5. The summed E-state index contributed by atoms with van der Waals surface area (Å²) >= 11 is 0. The number of hydrogen-bond donors (Lipinski definition) is 2. The molecule has 6 nitrogen and oxygen atoms in total. The molecule has 6 heteroatoms. The van der Waals surface area contributed by atoms with E-state index >= 15 is 0 Å². The lowest BCUT2D eigenvalue weighted by Crippen LogP contribution is -2.05. The van der Waals surface area contributed by atoms with E-state index in [1.54, 1.807) is 12.3 Å². The molecule has 19 heavy (non-hydrogen) atoms. The van der Waals surface area contributed by atoms with E-state index in [0.29, 0.717) is 11.8 Å². The summed E-state index contributed by atoms with van der Waals surface area (Å²) < 4.78 is 4.98. The second-order valence-corrected chi connectivity index (χ2v) is 4.35. The average Bonchev–Trinajstić information content (AvgIpc) is 2.81. The van der Waals surface area contributed by atoms with E-state index in [1.165, 1.54) is 12.8 Å². The Morgan fingerprint density at radius 2 is 2.16 bits per heavy atom. The molecule has 0 aliphatic carbocycles. The van der Waals surface area contributed by atoms with Gasteiger partial charge in [0, 0.05) is 18.8 Å². The molecule has 2 rings (SSSR count). The van der Waals surface area contributed by atoms with Gasteiger partial charge >= 0.3 is 0 Å². The molecule has 0 aliphatic rings. The van der Waals surface area contributed by atoms with Crippen LogP contribution < -0.4 is 10.6 Å². The van der Waals surface area contributed by atoms with Crippen molar-refractivity contribution >= 4 is 17.6 Å². The number of rotatable bonds is 7. The zero-order valence-electron chi connectivity index (χ0n) is 11.3. The molecule has 0 amide bonds. The van der Waals surface area contributed by atoms with Gasteiger partial charge < -0.3 is 15.2 Å². The minimum atomic E-state index is 0.508. The van der Waals surface area contributed by atoms with Gasteiger partial charge in [0.05, 0.1) is 0 Å². The minimum absolute atomic E-state index is 0.508. The molecule has 0 fully saturated rings. The van der Waals surface area contributed by atoms with E-state index in [9.17, 15) is 0 Å². The third-order valence-electron chi connectivity index (χ3n) is 2.61. The standard InChI is InChI=1S/C13H19N5O/c1-3-4-5-7-14-11-6-8-15-13(16-11)17-12-9-10(2)19-18-12/h6,8-9H,3-5,7H2,1-2H3,(H2,14,15,16,17,18). The molecule has 0 radical (unpaired) electrons. The number of anilines is 3. The topological polar surface area (TPSA) is 75.9 Å². The summed E-state index contributed by atoms with van der Waals surface area (Å²) in [6.45, 7) is 4.95. The molecular formula is C13H19N5O. The zero-order chi connectivity index (χ0) is 13.5. The van der Waals surface area contributed by atoms with Crippen LogP contribution in [0.2, 0.25) is 0 Å². The van der Waals surface area contributed by atoms with Gasteiger partial charge in [-0.2, -0.15) is 4.98 Å². The Morgan fingerprint density at radius 1 is 1.26 bits per heavy atom. The maximum atomic E-state index is 4.98. The Bertz CT molecular complexity index is 511. The first kappa shape index (κ1) is 13.3. The maximum Gasteiger partial charge on any atom is 0.230 e. The van der Waals surface area contributed by atoms with Gasteiger partial charge in [0.1, 0.15) is 11.6 Å². The van der Waals surface area contributed by atoms with Crippen molar-refractivity contribution in [2.75, 3.05) is 17.2 Å². The fourth-order valence-corrected chi connectivity index (χ4v) is 1.65. The van der Waals surface area contributed by atoms with E-state index in [2.05, 4.69) is 32.7 Å². The van der Waals surface area contributed by atoms with Gasteiger partial charge in [-0.3, -0.25) is 0 Å². The molecule has 0 saturated heterocycles. The maximum absolute atomic E-state index is 4.98. The monoisotopic (exact) mass is 261 g/mol. The first-order valence-corrected chi connectivity index (χ1v) is 6.55. The molecule has 0 aromatic carbocycles. The van der Waals surface area contributed by atoms with Crippen LogP contribution in [0.5, 0.6) is 0 Å². The summed E-state index contributed by atoms with van der Waals surface area (Å²) in [4.78, 5) is 8.50. The number of nitrogens with one attached hydrogen (secondary N) is 2. The normalized spacial score (nSPS) is 10.4. The number of hydrogen-bond acceptors (Lipinski definition) is 6. The number of unbranched alkanes of at least 4 members (excludes halogenated alkanes) is 2. The van der Waals surface area contributed by atoms with Crippen LogP contribution in [0.4, 0.5) is 17.6 Å². The SMILES string of the molecule is CCCCCNc1ccnc(Nc2cc(C)on2)n1. The van der Waals surface area contributed by atoms with Gasteiger partial charge in [-0.25, -0.2) is 4.98 Å². The van der Waals surface area contributed by atoms with Crippen LogP contribution in [0.1, 0.15) is 31.9 Å². The van der Waals surface area contributed by atoms with Gasteiger partial charge in [0.25, 0.3) is 0 Å². The van der Waals surface area contributed by atoms with Crippen LogP contribution in [-0.4, -0.2) is 21.7 Å². The lowest BCUT2D eigenvalue weighted by atomic mass is 10.2. The molecule has 0 saturated carbocycles. The summed E-state index contributed by atoms with van der Waals surface area (Å²) in [5.41, 5.74) is 0. The zero-order valence-corrected chi connectivity index (χ0v) is 11.3. The fraction of sp³-hybridized carbons (Fsp3) is 0.462. The first-order valence-electron chi connectivity index (χ1n) is 6.55. The number of nitrogens with zero attached hydrogens (tertiary/aromatic N) is 3. The molecule has 0 aliphatic heterocycles. The summed E-state index contributed by atoms with van der Waals surface area (Å²) in [6.07, 6.45) is 5.29. The van der Waals surface area contributed by atoms with Gasteiger partial charge in [-0.15, -0.1) is 0 Å². The Labute approximate surface area is 112 Å². The van der Waals surface area contributed by atoms with E-state index in [0.717, 1.165) is 24.5 Å². The van der Waals surface area contributed by atoms with Crippen molar-refractivity contribution in [3.05, 3.63) is 24.1 Å². The predicted octanol–water partition coefficient (Wildman–Crippen LogP) is 3.12. The lowest BCUT2D eigenvalue weighted by molar-refractivity contribution is 0.400. The van der Waals surface area contributed by atoms with E-state index in [1.807, 2.05) is 13.0 Å². The summed E-state index contributed by atoms with van der Waals surface area (Å²) in [6, 6.07) is 3.65. The number of aromatic nitrogens is 3. The lowest BCUT2D eigenvalue weighted by Gasteiger charge is -2.06. The minimum Gasteiger partial charge on any atom is -0.370 e. The summed E-state index contributed by atoms with van der Waals surface area (Å²) in [5.74, 6) is 2.68. The van der Waals surface area contributed by atoms with Crippen molar-refractivity contribution in [1.82, 2.24) is 15.1 Å². The van der Waals surface area contributed by atoms with E-state index in [4.69, 9.17) is 4.52 Å². The molecule has 0 atom stereocenters. The second kappa shape index (κ2) is 6.72. The molecule has 102 valence electrons. The predicted molar refractivity (Wildman–Crippen MR) is 74.6 cm³/mol. The Hall–Kier alpha value is -2.11. The largest absolute Gasteiger partial charge is 0.370 e. The molecule has 0 bridgehead atoms. The third kappa shape index (κ3) is 4.24. The van der Waals surface area contributed by atoms with Crippen LogP contribution in [0.25, 0.3) is 0 Å². The van der Waals surface area contributed by atoms with Gasteiger partial charge in [-0.1, -0.05) is 24.9 Å². The highest BCUT2D eigenvalue weighted by molar-refractivity contribution is 5.49. The smallest absolute Gasteiger partial charge is 0.230 e. The molecule has 0 spiro atoms. The molecule has 2 aromatic rings. The van der Waals surface area contributed by atoms with Crippen LogP contribution in [0.15, 0.2) is 22.9 Å². The highest BCUT2D eigenvalue weighted by Gasteiger charge is 2.03. The van der Waals surface area contributed by atoms with Gasteiger partial charge in [0.2, 0.25) is 5.95 Å². The van der Waals surface area contributed by atoms with Crippen molar-refractivity contribution in [2.45, 2.75) is 33.1 Å². The Morgan fingerprint density at radius 3 is 2.89 bits per heavy atom. The van der Waals surface area contributed by atoms with Crippen LogP contribution in [0.3, 0.4) is 0 Å². The quantitative estimate of drug-likeness (QED) is 0.746. The molecule has 2 heterocycles. The van der Waals surface area contributed by atoms with Crippen molar-refractivity contribution in [2.24, 2.45) is 0 Å². The van der Waals surface area contributed by atoms with Crippen LogP contribution in [-0.2, 0) is 0 Å². The number of aryl methyl sites for hydroxylation is 1. The van der Waals surface area contributed by atoms with E-state index < -0.39 is 0 Å². The molecule has 2 N–H and O–H groups in total. The summed E-state index contributed by atoms with van der Waals surface area (Å²) in [7, 11) is 0. The average molecular weight is 261 g/mol. The highest BCUT2D eigenvalue weighted by Crippen LogP contribution is 2.13. The van der Waals surface area contributed by atoms with Crippen molar-refractivity contribution in [3.63, 3.8) is 0 Å². The third-order valence-corrected chi connectivity index (χ3v) is 2.61. The van der Waals surface area contributed by atoms with Crippen molar-refractivity contribution in [1.29, 1.82) is 0 Å². The first-order chi connectivity index (χ1) is 9.28. The van der Waals surface area contributed by atoms with Gasteiger partial charge in [-0.05, 0) is 19.4 Å². The Kier molecular flexibility index (Phi) is 4.72. The molecule has 0 unspecified atom stereocenters. The van der Waals surface area contributed by atoms with Gasteiger partial charge in [0.15, 0.2) is 5.82 Å². The van der Waals surface area contributed by atoms with Crippen LogP contribution in [0, 0.1) is 6.92 Å². The van der Waals surface area contributed by atoms with E-state index in [-0.39, 0.29) is 0 Å². The summed E-state index contributed by atoms with van der Waals surface area (Å²) in [5, 5.41) is 10.1. The second-order valence-electron chi connectivity index (χ2n) is 4.35. The van der Waals surface area contributed by atoms with Crippen molar-refractivity contribution < 1.29 is 4.52 Å². The van der Waals surface area contributed by atoms with Crippen molar-refractivity contribution in [3.8, 4) is 0 Å². The Balaban J connectivity index is 1.91. The fourth-order valence-electron chi connectivity index (χ4n) is 1.65. The molecule has 2 aromatic heterocycles. The molecular weight excluding hydrogens is 242 g/mol. The van der Waals surface area contributed by atoms with Crippen LogP contribution >= 0.6 is 0 Å².